The molecule has 0 aliphatic rings. The first-order valence-corrected chi connectivity index (χ1v) is 5.24. The fourth-order valence-electron chi connectivity index (χ4n) is 1.44. The highest BCUT2D eigenvalue weighted by Gasteiger charge is 2.11. The van der Waals surface area contributed by atoms with E-state index in [0.717, 1.165) is 25.0 Å². The number of rotatable bonds is 7. The van der Waals surface area contributed by atoms with Gasteiger partial charge in [0.15, 0.2) is 0 Å². The number of aromatic nitrogens is 2. The zero-order valence-electron chi connectivity index (χ0n) is 9.52. The zero-order chi connectivity index (χ0) is 11.8. The van der Waals surface area contributed by atoms with E-state index in [1.165, 1.54) is 6.33 Å². The summed E-state index contributed by atoms with van der Waals surface area (Å²) in [5, 5.41) is 0. The summed E-state index contributed by atoms with van der Waals surface area (Å²) in [4.78, 5) is 8.13. The van der Waals surface area contributed by atoms with Gasteiger partial charge in [0.25, 0.3) is 0 Å². The number of allylic oxidation sites excluding steroid dienone is 1. The van der Waals surface area contributed by atoms with Crippen LogP contribution in [-0.4, -0.2) is 17.1 Å². The van der Waals surface area contributed by atoms with Crippen molar-refractivity contribution in [3.8, 4) is 5.88 Å². The van der Waals surface area contributed by atoms with Gasteiger partial charge in [-0.25, -0.2) is 9.97 Å². The number of hydrogen-bond acceptors (Lipinski definition) is 5. The summed E-state index contributed by atoms with van der Waals surface area (Å²) >= 11 is 0. The molecule has 1 atom stereocenters. The zero-order valence-corrected chi connectivity index (χ0v) is 9.52. The molecule has 1 aromatic heterocycles. The van der Waals surface area contributed by atoms with Gasteiger partial charge in [-0.15, -0.1) is 6.58 Å². The molecular formula is C11H18N4O. The van der Waals surface area contributed by atoms with Crippen LogP contribution in [0.15, 0.2) is 25.0 Å². The van der Waals surface area contributed by atoms with Crippen LogP contribution < -0.4 is 16.0 Å². The van der Waals surface area contributed by atoms with E-state index in [0.29, 0.717) is 5.88 Å². The van der Waals surface area contributed by atoms with E-state index >= 15 is 0 Å². The lowest BCUT2D eigenvalue weighted by atomic mass is 10.1. The number of ether oxygens (including phenoxy) is 1. The maximum Gasteiger partial charge on any atom is 0.216 e. The van der Waals surface area contributed by atoms with Gasteiger partial charge in [0.05, 0.1) is 18.8 Å². The van der Waals surface area contributed by atoms with Gasteiger partial charge >= 0.3 is 0 Å². The van der Waals surface area contributed by atoms with Crippen molar-refractivity contribution in [1.82, 2.24) is 15.4 Å². The molecule has 5 heteroatoms. The molecular weight excluding hydrogens is 204 g/mol. The lowest BCUT2D eigenvalue weighted by Crippen LogP contribution is -2.28. The smallest absolute Gasteiger partial charge is 0.216 e. The average Bonchev–Trinajstić information content (AvgIpc) is 2.35. The van der Waals surface area contributed by atoms with E-state index < -0.39 is 0 Å². The predicted molar refractivity (Wildman–Crippen MR) is 62.7 cm³/mol. The van der Waals surface area contributed by atoms with Gasteiger partial charge in [0, 0.05) is 6.07 Å². The van der Waals surface area contributed by atoms with Crippen LogP contribution in [-0.2, 0) is 0 Å². The van der Waals surface area contributed by atoms with Gasteiger partial charge in [-0.2, -0.15) is 0 Å². The third kappa shape index (κ3) is 3.60. The number of methoxy groups -OCH3 is 1. The minimum atomic E-state index is 0.0249. The average molecular weight is 222 g/mol. The second-order valence-electron chi connectivity index (χ2n) is 3.42. The molecule has 1 rings (SSSR count). The van der Waals surface area contributed by atoms with Crippen LogP contribution >= 0.6 is 0 Å². The van der Waals surface area contributed by atoms with Crippen molar-refractivity contribution < 1.29 is 4.74 Å². The molecule has 1 heterocycles. The molecule has 3 N–H and O–H groups in total. The Labute approximate surface area is 95.7 Å². The molecule has 1 unspecified atom stereocenters. The molecule has 0 aromatic carbocycles. The highest BCUT2D eigenvalue weighted by atomic mass is 16.5. The lowest BCUT2D eigenvalue weighted by Gasteiger charge is -2.14. The topological polar surface area (TPSA) is 73.1 Å². The van der Waals surface area contributed by atoms with E-state index in [1.807, 2.05) is 6.08 Å². The Morgan fingerprint density at radius 1 is 1.62 bits per heavy atom. The standard InChI is InChI=1S/C11H18N4O/c1-3-4-5-6-9(15-12)10-7-11(16-2)14-8-13-10/h3,7-9,15H,1,4-6,12H2,2H3. The Bertz CT molecular complexity index is 330. The Hall–Kier alpha value is -1.46. The van der Waals surface area contributed by atoms with Crippen molar-refractivity contribution in [2.24, 2.45) is 5.84 Å². The van der Waals surface area contributed by atoms with Crippen molar-refractivity contribution in [2.75, 3.05) is 7.11 Å². The first-order chi connectivity index (χ1) is 7.81. The molecule has 0 amide bonds. The molecule has 0 spiro atoms. The summed E-state index contributed by atoms with van der Waals surface area (Å²) < 4.78 is 5.04. The van der Waals surface area contributed by atoms with Gasteiger partial charge in [-0.1, -0.05) is 6.08 Å². The number of nitrogens with one attached hydrogen (secondary N) is 1. The van der Waals surface area contributed by atoms with Crippen LogP contribution in [0.2, 0.25) is 0 Å². The van der Waals surface area contributed by atoms with Gasteiger partial charge in [-0.05, 0) is 19.3 Å². The molecule has 5 nitrogen and oxygen atoms in total. The maximum absolute atomic E-state index is 5.50. The van der Waals surface area contributed by atoms with Gasteiger partial charge in [0.1, 0.15) is 6.33 Å². The summed E-state index contributed by atoms with van der Waals surface area (Å²) in [7, 11) is 1.58. The number of unbranched alkanes of at least 4 members (excludes halogenated alkanes) is 1. The Kier molecular flexibility index (Phi) is 5.45. The maximum atomic E-state index is 5.50. The normalized spacial score (nSPS) is 12.1. The van der Waals surface area contributed by atoms with Gasteiger partial charge < -0.3 is 4.74 Å². The van der Waals surface area contributed by atoms with E-state index in [4.69, 9.17) is 10.6 Å². The molecule has 1 aromatic rings. The van der Waals surface area contributed by atoms with Crippen LogP contribution in [0.3, 0.4) is 0 Å². The Morgan fingerprint density at radius 3 is 3.06 bits per heavy atom. The first-order valence-electron chi connectivity index (χ1n) is 5.24. The molecule has 88 valence electrons. The molecule has 0 aliphatic heterocycles. The Morgan fingerprint density at radius 2 is 2.44 bits per heavy atom. The summed E-state index contributed by atoms with van der Waals surface area (Å²) in [6.07, 6.45) is 6.27. The van der Waals surface area contributed by atoms with Crippen LogP contribution in [0.1, 0.15) is 31.0 Å². The van der Waals surface area contributed by atoms with E-state index in [1.54, 1.807) is 13.2 Å². The van der Waals surface area contributed by atoms with Crippen LogP contribution in [0, 0.1) is 0 Å². The third-order valence-electron chi connectivity index (χ3n) is 2.33. The predicted octanol–water partition coefficient (Wildman–Crippen LogP) is 1.35. The second-order valence-corrected chi connectivity index (χ2v) is 3.42. The van der Waals surface area contributed by atoms with E-state index in [9.17, 15) is 0 Å². The Balaban J connectivity index is 2.65. The van der Waals surface area contributed by atoms with Crippen LogP contribution in [0.4, 0.5) is 0 Å². The molecule has 0 saturated heterocycles. The molecule has 0 aliphatic carbocycles. The van der Waals surface area contributed by atoms with Crippen LogP contribution in [0.5, 0.6) is 5.88 Å². The monoisotopic (exact) mass is 222 g/mol. The first kappa shape index (κ1) is 12.6. The van der Waals surface area contributed by atoms with Gasteiger partial charge in [0.2, 0.25) is 5.88 Å². The van der Waals surface area contributed by atoms with Crippen molar-refractivity contribution in [1.29, 1.82) is 0 Å². The fourth-order valence-corrected chi connectivity index (χ4v) is 1.44. The lowest BCUT2D eigenvalue weighted by molar-refractivity contribution is 0.392. The van der Waals surface area contributed by atoms with E-state index in [2.05, 4.69) is 22.0 Å². The SMILES string of the molecule is C=CCCCC(NN)c1cc(OC)ncn1. The largest absolute Gasteiger partial charge is 0.481 e. The highest BCUT2D eigenvalue weighted by molar-refractivity contribution is 5.16. The van der Waals surface area contributed by atoms with Crippen molar-refractivity contribution in [3.05, 3.63) is 30.7 Å². The number of hydrogen-bond donors (Lipinski definition) is 2. The van der Waals surface area contributed by atoms with Crippen molar-refractivity contribution in [3.63, 3.8) is 0 Å². The number of hydrazine groups is 1. The molecule has 16 heavy (non-hydrogen) atoms. The quantitative estimate of drug-likeness (QED) is 0.315. The number of nitrogens with two attached hydrogens (primary N) is 1. The summed E-state index contributed by atoms with van der Waals surface area (Å²) in [5.74, 6) is 6.05. The summed E-state index contributed by atoms with van der Waals surface area (Å²) in [6.45, 7) is 3.69. The molecule has 0 fully saturated rings. The second kappa shape index (κ2) is 6.92. The van der Waals surface area contributed by atoms with Crippen molar-refractivity contribution >= 4 is 0 Å². The molecule has 0 radical (unpaired) electrons. The van der Waals surface area contributed by atoms with Gasteiger partial charge in [-0.3, -0.25) is 11.3 Å². The van der Waals surface area contributed by atoms with E-state index in [-0.39, 0.29) is 6.04 Å². The minimum Gasteiger partial charge on any atom is -0.481 e. The fraction of sp³-hybridized carbons (Fsp3) is 0.455. The minimum absolute atomic E-state index is 0.0249. The third-order valence-corrected chi connectivity index (χ3v) is 2.33. The summed E-state index contributed by atoms with van der Waals surface area (Å²) in [6, 6.07) is 1.81. The summed E-state index contributed by atoms with van der Waals surface area (Å²) in [5.41, 5.74) is 3.59. The number of nitrogens with zero attached hydrogens (tertiary/aromatic N) is 2. The highest BCUT2D eigenvalue weighted by Crippen LogP contribution is 2.18. The molecule has 0 bridgehead atoms. The van der Waals surface area contributed by atoms with Crippen molar-refractivity contribution in [2.45, 2.75) is 25.3 Å². The molecule has 0 saturated carbocycles. The van der Waals surface area contributed by atoms with Crippen LogP contribution in [0.25, 0.3) is 0 Å².